The van der Waals surface area contributed by atoms with Gasteiger partial charge in [-0.05, 0) is 51.1 Å². The van der Waals surface area contributed by atoms with Crippen molar-refractivity contribution in [3.8, 4) is 0 Å². The van der Waals surface area contributed by atoms with Crippen LogP contribution in [0.3, 0.4) is 0 Å². The highest BCUT2D eigenvalue weighted by Gasteiger charge is 1.96. The first-order valence-electron chi connectivity index (χ1n) is 4.59. The molecule has 0 fully saturated rings. The van der Waals surface area contributed by atoms with Crippen molar-refractivity contribution >= 4 is 46.1 Å². The van der Waals surface area contributed by atoms with E-state index in [4.69, 9.17) is 11.5 Å². The summed E-state index contributed by atoms with van der Waals surface area (Å²) >= 11 is 9.24. The van der Waals surface area contributed by atoms with Gasteiger partial charge < -0.3 is 11.5 Å². The Morgan fingerprint density at radius 2 is 1.25 bits per heavy atom. The topological polar surface area (TPSA) is 101 Å². The summed E-state index contributed by atoms with van der Waals surface area (Å²) in [5.74, 6) is 0. The van der Waals surface area contributed by atoms with E-state index in [9.17, 15) is 0 Å². The SMILES string of the molecule is C/C(CC/C(C)=N\NC(N)=S)=N/NC(N)=S. The standard InChI is InChI=1S/C8H16N6S2/c1-5(11-13-7(9)15)3-4-6(2)12-14-8(10)16/h3-4H2,1-2H3,(H3,9,13,15)(H3,10,14,16)/b11-5-,12-6-. The molecule has 0 aromatic carbocycles. The molecule has 0 aliphatic rings. The monoisotopic (exact) mass is 260 g/mol. The van der Waals surface area contributed by atoms with E-state index in [0.717, 1.165) is 24.3 Å². The molecule has 0 rings (SSSR count). The van der Waals surface area contributed by atoms with E-state index >= 15 is 0 Å². The van der Waals surface area contributed by atoms with Gasteiger partial charge in [-0.1, -0.05) is 0 Å². The fourth-order valence-corrected chi connectivity index (χ4v) is 0.866. The van der Waals surface area contributed by atoms with Crippen LogP contribution in [-0.2, 0) is 0 Å². The molecule has 0 bridgehead atoms. The quantitative estimate of drug-likeness (QED) is 0.320. The molecule has 0 aromatic rings. The number of hydrogen-bond donors (Lipinski definition) is 4. The summed E-state index contributed by atoms with van der Waals surface area (Å²) in [7, 11) is 0. The van der Waals surface area contributed by atoms with Gasteiger partial charge in [0.2, 0.25) is 0 Å². The zero-order valence-electron chi connectivity index (χ0n) is 9.28. The van der Waals surface area contributed by atoms with Crippen molar-refractivity contribution in [3.63, 3.8) is 0 Å². The number of hydrogen-bond acceptors (Lipinski definition) is 4. The third kappa shape index (κ3) is 9.28. The van der Waals surface area contributed by atoms with Gasteiger partial charge in [0.25, 0.3) is 0 Å². The molecule has 0 aliphatic heterocycles. The maximum atomic E-state index is 5.23. The first-order chi connectivity index (χ1) is 7.41. The van der Waals surface area contributed by atoms with E-state index in [1.807, 2.05) is 13.8 Å². The second-order valence-electron chi connectivity index (χ2n) is 3.15. The number of nitrogens with two attached hydrogens (primary N) is 2. The van der Waals surface area contributed by atoms with E-state index in [1.54, 1.807) is 0 Å². The second-order valence-corrected chi connectivity index (χ2v) is 4.03. The molecule has 8 heteroatoms. The minimum atomic E-state index is 0.153. The maximum absolute atomic E-state index is 5.23. The molecule has 6 nitrogen and oxygen atoms in total. The van der Waals surface area contributed by atoms with Crippen LogP contribution in [0.25, 0.3) is 0 Å². The van der Waals surface area contributed by atoms with Gasteiger partial charge in [0, 0.05) is 11.4 Å². The molecule has 90 valence electrons. The van der Waals surface area contributed by atoms with Crippen molar-refractivity contribution in [2.45, 2.75) is 26.7 Å². The zero-order chi connectivity index (χ0) is 12.6. The normalized spacial score (nSPS) is 12.1. The summed E-state index contributed by atoms with van der Waals surface area (Å²) in [5.41, 5.74) is 17.3. The van der Waals surface area contributed by atoms with Crippen LogP contribution in [0.5, 0.6) is 0 Å². The lowest BCUT2D eigenvalue weighted by molar-refractivity contribution is 0.971. The molecule has 0 unspecified atom stereocenters. The number of thiocarbonyl (C=S) groups is 2. The lowest BCUT2D eigenvalue weighted by Crippen LogP contribution is -2.25. The Balaban J connectivity index is 3.95. The first kappa shape index (κ1) is 14.7. The smallest absolute Gasteiger partial charge is 0.184 e. The Kier molecular flexibility index (Phi) is 7.31. The number of hydrazone groups is 2. The van der Waals surface area contributed by atoms with E-state index in [2.05, 4.69) is 45.5 Å². The summed E-state index contributed by atoms with van der Waals surface area (Å²) in [4.78, 5) is 0. The Labute approximate surface area is 106 Å². The van der Waals surface area contributed by atoms with E-state index in [1.165, 1.54) is 0 Å². The average molecular weight is 260 g/mol. The molecular weight excluding hydrogens is 244 g/mol. The molecule has 0 saturated carbocycles. The van der Waals surface area contributed by atoms with Crippen molar-refractivity contribution in [3.05, 3.63) is 0 Å². The van der Waals surface area contributed by atoms with Crippen molar-refractivity contribution in [1.82, 2.24) is 10.9 Å². The highest BCUT2D eigenvalue weighted by atomic mass is 32.1. The van der Waals surface area contributed by atoms with Crippen LogP contribution in [0.1, 0.15) is 26.7 Å². The molecule has 0 atom stereocenters. The Bertz CT molecular complexity index is 290. The Morgan fingerprint density at radius 3 is 1.50 bits per heavy atom. The third-order valence-corrected chi connectivity index (χ3v) is 1.75. The third-order valence-electron chi connectivity index (χ3n) is 1.56. The predicted molar refractivity (Wildman–Crippen MR) is 75.3 cm³/mol. The fourth-order valence-electron chi connectivity index (χ4n) is 0.775. The van der Waals surface area contributed by atoms with Gasteiger partial charge in [-0.15, -0.1) is 0 Å². The van der Waals surface area contributed by atoms with Crippen LogP contribution in [0.4, 0.5) is 0 Å². The molecule has 6 N–H and O–H groups in total. The first-order valence-corrected chi connectivity index (χ1v) is 5.40. The molecule has 0 heterocycles. The van der Waals surface area contributed by atoms with Crippen LogP contribution in [0.2, 0.25) is 0 Å². The molecule has 0 saturated heterocycles. The van der Waals surface area contributed by atoms with E-state index in [-0.39, 0.29) is 10.2 Å². The highest BCUT2D eigenvalue weighted by Crippen LogP contribution is 1.95. The van der Waals surface area contributed by atoms with Gasteiger partial charge in [-0.2, -0.15) is 10.2 Å². The average Bonchev–Trinajstić information content (AvgIpc) is 2.20. The highest BCUT2D eigenvalue weighted by molar-refractivity contribution is 7.80. The predicted octanol–water partition coefficient (Wildman–Crippen LogP) is 0.185. The summed E-state index contributed by atoms with van der Waals surface area (Å²) < 4.78 is 0. The van der Waals surface area contributed by atoms with Crippen molar-refractivity contribution in [2.75, 3.05) is 0 Å². The van der Waals surface area contributed by atoms with Crippen LogP contribution in [-0.4, -0.2) is 21.6 Å². The number of rotatable bonds is 5. The summed E-state index contributed by atoms with van der Waals surface area (Å²) in [6, 6.07) is 0. The zero-order valence-corrected chi connectivity index (χ0v) is 10.9. The van der Waals surface area contributed by atoms with Gasteiger partial charge in [0.15, 0.2) is 10.2 Å². The van der Waals surface area contributed by atoms with Gasteiger partial charge >= 0.3 is 0 Å². The van der Waals surface area contributed by atoms with Gasteiger partial charge in [-0.3, -0.25) is 10.9 Å². The van der Waals surface area contributed by atoms with Gasteiger partial charge in [-0.25, -0.2) is 0 Å². The van der Waals surface area contributed by atoms with E-state index < -0.39 is 0 Å². The molecule has 0 spiro atoms. The molecule has 16 heavy (non-hydrogen) atoms. The largest absolute Gasteiger partial charge is 0.375 e. The molecule has 0 aromatic heterocycles. The van der Waals surface area contributed by atoms with Crippen molar-refractivity contribution in [2.24, 2.45) is 21.7 Å². The van der Waals surface area contributed by atoms with Crippen molar-refractivity contribution < 1.29 is 0 Å². The fraction of sp³-hybridized carbons (Fsp3) is 0.500. The molecular formula is C8H16N6S2. The van der Waals surface area contributed by atoms with Crippen LogP contribution in [0, 0.1) is 0 Å². The van der Waals surface area contributed by atoms with Crippen LogP contribution in [0.15, 0.2) is 10.2 Å². The maximum Gasteiger partial charge on any atom is 0.184 e. The minimum absolute atomic E-state index is 0.153. The number of nitrogens with one attached hydrogen (secondary N) is 2. The van der Waals surface area contributed by atoms with Gasteiger partial charge in [0.05, 0.1) is 0 Å². The second kappa shape index (κ2) is 7.94. The summed E-state index contributed by atoms with van der Waals surface area (Å²) in [6.07, 6.45) is 1.51. The minimum Gasteiger partial charge on any atom is -0.375 e. The van der Waals surface area contributed by atoms with E-state index in [0.29, 0.717) is 0 Å². The molecule has 0 amide bonds. The van der Waals surface area contributed by atoms with Gasteiger partial charge in [0.1, 0.15) is 0 Å². The summed E-state index contributed by atoms with van der Waals surface area (Å²) in [5, 5.41) is 8.24. The summed E-state index contributed by atoms with van der Waals surface area (Å²) in [6.45, 7) is 3.75. The van der Waals surface area contributed by atoms with Crippen LogP contribution >= 0.6 is 24.4 Å². The lowest BCUT2D eigenvalue weighted by atomic mass is 10.2. The van der Waals surface area contributed by atoms with Crippen molar-refractivity contribution in [1.29, 1.82) is 0 Å². The van der Waals surface area contributed by atoms with Crippen LogP contribution < -0.4 is 22.3 Å². The molecule has 0 radical (unpaired) electrons. The lowest BCUT2D eigenvalue weighted by Gasteiger charge is -2.02. The Morgan fingerprint density at radius 1 is 0.938 bits per heavy atom. The number of nitrogens with zero attached hydrogens (tertiary/aromatic N) is 2. The molecule has 0 aliphatic carbocycles. The Hall–Kier alpha value is -1.28.